The Bertz CT molecular complexity index is 978. The Labute approximate surface area is 185 Å². The first kappa shape index (κ1) is 21.9. The molecule has 172 valence electrons. The van der Waals surface area contributed by atoms with Gasteiger partial charge >= 0.3 is 12.4 Å². The van der Waals surface area contributed by atoms with Gasteiger partial charge in [0.1, 0.15) is 5.75 Å². The lowest BCUT2D eigenvalue weighted by Crippen LogP contribution is -2.77. The van der Waals surface area contributed by atoms with Crippen molar-refractivity contribution in [2.24, 2.45) is 17.3 Å². The third-order valence-electron chi connectivity index (χ3n) is 7.08. The van der Waals surface area contributed by atoms with E-state index >= 15 is 0 Å². The van der Waals surface area contributed by atoms with Gasteiger partial charge in [0.05, 0.1) is 17.6 Å². The number of fused-ring (bicyclic) bond motifs is 5. The number of rotatable bonds is 5. The van der Waals surface area contributed by atoms with E-state index in [-0.39, 0.29) is 13.0 Å². The summed E-state index contributed by atoms with van der Waals surface area (Å²) in [5.74, 6) is -1.72. The van der Waals surface area contributed by atoms with Gasteiger partial charge in [-0.1, -0.05) is 42.1 Å². The normalized spacial score (nSPS) is 30.6. The average Bonchev–Trinajstić information content (AvgIpc) is 3.19. The fraction of sp³-hybridized carbons (Fsp3) is 0.478. The maximum atomic E-state index is 13.6. The minimum atomic E-state index is -5.50. The van der Waals surface area contributed by atoms with Crippen molar-refractivity contribution in [3.63, 3.8) is 0 Å². The van der Waals surface area contributed by atoms with Gasteiger partial charge in [0.25, 0.3) is 5.60 Å². The van der Waals surface area contributed by atoms with Gasteiger partial charge in [-0.3, -0.25) is 0 Å². The van der Waals surface area contributed by atoms with Gasteiger partial charge in [-0.15, -0.1) is 0 Å². The maximum absolute atomic E-state index is 13.6. The van der Waals surface area contributed by atoms with E-state index in [2.05, 4.69) is 0 Å². The van der Waals surface area contributed by atoms with Crippen LogP contribution >= 0.6 is 11.8 Å². The van der Waals surface area contributed by atoms with Gasteiger partial charge in [0.2, 0.25) is 0 Å². The first-order valence-corrected chi connectivity index (χ1v) is 11.2. The quantitative estimate of drug-likeness (QED) is 0.440. The first-order chi connectivity index (χ1) is 15.1. The Morgan fingerprint density at radius 3 is 2.28 bits per heavy atom. The van der Waals surface area contributed by atoms with Crippen LogP contribution in [-0.2, 0) is 4.74 Å². The van der Waals surface area contributed by atoms with Crippen LogP contribution in [-0.4, -0.2) is 30.7 Å². The first-order valence-electron chi connectivity index (χ1n) is 10.3. The van der Waals surface area contributed by atoms with Gasteiger partial charge in [0.15, 0.2) is 0 Å². The highest BCUT2D eigenvalue weighted by atomic mass is 32.2. The summed E-state index contributed by atoms with van der Waals surface area (Å²) in [5.41, 5.74) is -4.89. The molecule has 2 nitrogen and oxygen atoms in total. The average molecular weight is 474 g/mol. The van der Waals surface area contributed by atoms with Crippen molar-refractivity contribution in [1.82, 2.24) is 0 Å². The van der Waals surface area contributed by atoms with Crippen molar-refractivity contribution in [1.29, 1.82) is 0 Å². The number of ether oxygens (including phenoxy) is 2. The summed E-state index contributed by atoms with van der Waals surface area (Å²) in [6, 6.07) is 16.9. The lowest BCUT2D eigenvalue weighted by molar-refractivity contribution is -0.476. The summed E-state index contributed by atoms with van der Waals surface area (Å²) in [4.78, 5) is 1.82. The number of alkyl halides is 6. The maximum Gasteiger partial charge on any atom is 0.426 e. The van der Waals surface area contributed by atoms with Crippen LogP contribution in [0.15, 0.2) is 64.4 Å². The van der Waals surface area contributed by atoms with Crippen LogP contribution in [0.3, 0.4) is 0 Å². The van der Waals surface area contributed by atoms with Crippen molar-refractivity contribution >= 4 is 11.8 Å². The van der Waals surface area contributed by atoms with Crippen molar-refractivity contribution in [3.05, 3.63) is 54.6 Å². The Hall–Kier alpha value is -1.87. The SMILES string of the molecule is FC(F)(F)C1(C(F)(F)F)OC2C1C1CCC2(COc2ccccc2Sc2ccccc2)C1. The second-order valence-electron chi connectivity index (χ2n) is 8.81. The van der Waals surface area contributed by atoms with E-state index in [1.165, 1.54) is 11.8 Å². The molecule has 1 aliphatic heterocycles. The zero-order valence-electron chi connectivity index (χ0n) is 16.7. The molecule has 3 fully saturated rings. The molecule has 32 heavy (non-hydrogen) atoms. The summed E-state index contributed by atoms with van der Waals surface area (Å²) in [7, 11) is 0. The Balaban J connectivity index is 1.36. The van der Waals surface area contributed by atoms with Crippen molar-refractivity contribution in [2.75, 3.05) is 6.61 Å². The number of para-hydroxylation sites is 1. The zero-order valence-corrected chi connectivity index (χ0v) is 17.6. The van der Waals surface area contributed by atoms with E-state index in [0.29, 0.717) is 18.6 Å². The number of hydrogen-bond acceptors (Lipinski definition) is 3. The second-order valence-corrected chi connectivity index (χ2v) is 9.93. The summed E-state index contributed by atoms with van der Waals surface area (Å²) in [5, 5.41) is 0. The lowest BCUT2D eigenvalue weighted by atomic mass is 9.64. The molecule has 5 rings (SSSR count). The third kappa shape index (κ3) is 3.15. The summed E-state index contributed by atoms with van der Waals surface area (Å²) in [6.07, 6.45) is -11.0. The van der Waals surface area contributed by atoms with E-state index in [9.17, 15) is 26.3 Å². The smallest absolute Gasteiger partial charge is 0.426 e. The lowest BCUT2D eigenvalue weighted by Gasteiger charge is -2.59. The molecule has 4 atom stereocenters. The molecule has 0 aromatic heterocycles. The van der Waals surface area contributed by atoms with Crippen LogP contribution in [0.2, 0.25) is 0 Å². The fourth-order valence-electron chi connectivity index (χ4n) is 5.72. The molecule has 1 heterocycles. The Morgan fingerprint density at radius 2 is 1.59 bits per heavy atom. The molecule has 0 amide bonds. The molecule has 2 aromatic rings. The van der Waals surface area contributed by atoms with E-state index in [4.69, 9.17) is 9.47 Å². The van der Waals surface area contributed by atoms with Crippen molar-refractivity contribution in [2.45, 2.75) is 53.1 Å². The summed E-state index contributed by atoms with van der Waals surface area (Å²) in [6.45, 7) is 0.0306. The van der Waals surface area contributed by atoms with E-state index < -0.39 is 41.3 Å². The van der Waals surface area contributed by atoms with E-state index in [1.54, 1.807) is 12.1 Å². The van der Waals surface area contributed by atoms with Gasteiger partial charge in [-0.2, -0.15) is 26.3 Å². The molecule has 2 aliphatic carbocycles. The van der Waals surface area contributed by atoms with Crippen LogP contribution in [0.1, 0.15) is 19.3 Å². The molecule has 0 spiro atoms. The monoisotopic (exact) mass is 474 g/mol. The van der Waals surface area contributed by atoms with Gasteiger partial charge in [-0.05, 0) is 49.4 Å². The standard InChI is InChI=1S/C23H20F6O2S/c24-22(25,26)21(23(27,28)29)18-14-10-11-20(12-14,19(18)31-21)13-30-16-8-4-5-9-17(16)32-15-6-2-1-3-7-15/h1-9,14,18-19H,10-13H2. The third-order valence-corrected chi connectivity index (χ3v) is 8.14. The molecule has 2 bridgehead atoms. The highest BCUT2D eigenvalue weighted by molar-refractivity contribution is 7.99. The number of hydrogen-bond donors (Lipinski definition) is 0. The molecule has 9 heteroatoms. The molecule has 4 unspecified atom stereocenters. The minimum Gasteiger partial charge on any atom is -0.492 e. The van der Waals surface area contributed by atoms with Gasteiger partial charge in [0, 0.05) is 16.2 Å². The minimum absolute atomic E-state index is 0.0306. The molecule has 2 aromatic carbocycles. The molecular weight excluding hydrogens is 454 g/mol. The molecule has 0 N–H and O–H groups in total. The van der Waals surface area contributed by atoms with Crippen LogP contribution in [0.4, 0.5) is 26.3 Å². The fourth-order valence-corrected chi connectivity index (χ4v) is 6.64. The van der Waals surface area contributed by atoms with E-state index in [0.717, 1.165) is 9.79 Å². The van der Waals surface area contributed by atoms with E-state index in [1.807, 2.05) is 42.5 Å². The second kappa shape index (κ2) is 7.32. The van der Waals surface area contributed by atoms with Crippen LogP contribution in [0.5, 0.6) is 5.75 Å². The molecule has 0 radical (unpaired) electrons. The molecule has 3 aliphatic rings. The largest absolute Gasteiger partial charge is 0.492 e. The molecular formula is C23H20F6O2S. The summed E-state index contributed by atoms with van der Waals surface area (Å²) < 4.78 is 92.3. The van der Waals surface area contributed by atoms with Crippen molar-refractivity contribution < 1.29 is 35.8 Å². The number of benzene rings is 2. The topological polar surface area (TPSA) is 18.5 Å². The summed E-state index contributed by atoms with van der Waals surface area (Å²) >= 11 is 1.48. The van der Waals surface area contributed by atoms with Crippen molar-refractivity contribution in [3.8, 4) is 5.75 Å². The van der Waals surface area contributed by atoms with Crippen LogP contribution < -0.4 is 4.74 Å². The Morgan fingerprint density at radius 1 is 0.938 bits per heavy atom. The predicted molar refractivity (Wildman–Crippen MR) is 105 cm³/mol. The molecule has 2 saturated carbocycles. The van der Waals surface area contributed by atoms with Crippen LogP contribution in [0, 0.1) is 17.3 Å². The van der Waals surface area contributed by atoms with Gasteiger partial charge in [-0.25, -0.2) is 0 Å². The predicted octanol–water partition coefficient (Wildman–Crippen LogP) is 6.90. The highest BCUT2D eigenvalue weighted by Gasteiger charge is 2.88. The van der Waals surface area contributed by atoms with Gasteiger partial charge < -0.3 is 9.47 Å². The zero-order chi connectivity index (χ0) is 22.8. The Kier molecular flexibility index (Phi) is 5.02. The number of halogens is 6. The van der Waals surface area contributed by atoms with Crippen LogP contribution in [0.25, 0.3) is 0 Å². The molecule has 1 saturated heterocycles. The highest BCUT2D eigenvalue weighted by Crippen LogP contribution is 2.73.